The summed E-state index contributed by atoms with van der Waals surface area (Å²) in [6.07, 6.45) is 1.27. The van der Waals surface area contributed by atoms with Crippen LogP contribution in [0.25, 0.3) is 0 Å². The monoisotopic (exact) mass is 206 g/mol. The summed E-state index contributed by atoms with van der Waals surface area (Å²) in [5, 5.41) is 5.21. The van der Waals surface area contributed by atoms with E-state index in [-0.39, 0.29) is 13.0 Å². The van der Waals surface area contributed by atoms with Crippen molar-refractivity contribution in [1.29, 1.82) is 0 Å². The molecule has 0 saturated heterocycles. The molecule has 1 fully saturated rings. The lowest BCUT2D eigenvalue weighted by atomic mass is 10.1. The molecule has 0 N–H and O–H groups in total. The Bertz CT molecular complexity index is 276. The molecule has 0 aromatic rings. The second-order valence-electron chi connectivity index (χ2n) is 3.26. The Kier molecular flexibility index (Phi) is 3.07. The molecule has 0 aromatic carbocycles. The summed E-state index contributed by atoms with van der Waals surface area (Å²) in [5.74, 6) is 0. The van der Waals surface area contributed by atoms with Crippen LogP contribution in [0.2, 0.25) is 0 Å². The van der Waals surface area contributed by atoms with Crippen LogP contribution in [0.4, 0.5) is 0 Å². The molecule has 1 saturated carbocycles. The van der Waals surface area contributed by atoms with E-state index < -0.39 is 21.5 Å². The summed E-state index contributed by atoms with van der Waals surface area (Å²) in [6, 6.07) is -0.784. The van der Waals surface area contributed by atoms with Gasteiger partial charge >= 0.3 is 0 Å². The van der Waals surface area contributed by atoms with Gasteiger partial charge in [-0.1, -0.05) is 10.4 Å². The molecule has 7 heteroatoms. The molecule has 0 heterocycles. The third-order valence-electron chi connectivity index (χ3n) is 2.26. The van der Waals surface area contributed by atoms with Crippen LogP contribution in [0.3, 0.4) is 0 Å². The van der Waals surface area contributed by atoms with Crippen LogP contribution in [0, 0.1) is 9.81 Å². The predicted molar refractivity (Wildman–Crippen MR) is 47.1 cm³/mol. The molecular weight excluding hydrogens is 196 g/mol. The summed E-state index contributed by atoms with van der Waals surface area (Å²) < 4.78 is 20.7. The van der Waals surface area contributed by atoms with Crippen LogP contribution in [-0.2, 0) is 10.7 Å². The maximum Gasteiger partial charge on any atom is 0.145 e. The zero-order valence-electron chi connectivity index (χ0n) is 6.88. The van der Waals surface area contributed by atoms with Crippen molar-refractivity contribution >= 4 is 10.7 Å². The SMILES string of the molecule is O=NC[C@@H](CC1([SH](=O)=O)CC1)N=O. The van der Waals surface area contributed by atoms with Crippen LogP contribution in [0.1, 0.15) is 19.3 Å². The topological polar surface area (TPSA) is 93.0 Å². The van der Waals surface area contributed by atoms with E-state index in [1.807, 2.05) is 0 Å². The molecule has 0 radical (unpaired) electrons. The normalized spacial score (nSPS) is 21.0. The van der Waals surface area contributed by atoms with E-state index in [0.717, 1.165) is 0 Å². The van der Waals surface area contributed by atoms with Gasteiger partial charge in [-0.2, -0.15) is 9.81 Å². The number of hydrogen-bond acceptors (Lipinski definition) is 6. The predicted octanol–water partition coefficient (Wildman–Crippen LogP) is 0.422. The van der Waals surface area contributed by atoms with E-state index in [0.29, 0.717) is 12.8 Å². The van der Waals surface area contributed by atoms with Crippen molar-refractivity contribution in [2.24, 2.45) is 10.4 Å². The Morgan fingerprint density at radius 2 is 1.92 bits per heavy atom. The minimum absolute atomic E-state index is 0.140. The summed E-state index contributed by atoms with van der Waals surface area (Å²) in [4.78, 5) is 20.0. The Hall–Kier alpha value is -0.850. The zero-order chi connectivity index (χ0) is 9.90. The van der Waals surface area contributed by atoms with Gasteiger partial charge in [-0.15, -0.1) is 0 Å². The molecule has 74 valence electrons. The highest BCUT2D eigenvalue weighted by atomic mass is 32.2. The molecule has 13 heavy (non-hydrogen) atoms. The van der Waals surface area contributed by atoms with Gasteiger partial charge in [-0.25, -0.2) is 8.42 Å². The van der Waals surface area contributed by atoms with Crippen LogP contribution < -0.4 is 0 Å². The smallest absolute Gasteiger partial charge is 0.145 e. The lowest BCUT2D eigenvalue weighted by Gasteiger charge is -2.08. The summed E-state index contributed by atoms with van der Waals surface area (Å²) in [6.45, 7) is -0.228. The van der Waals surface area contributed by atoms with Gasteiger partial charge in [-0.3, -0.25) is 0 Å². The van der Waals surface area contributed by atoms with Crippen molar-refractivity contribution in [2.45, 2.75) is 30.1 Å². The van der Waals surface area contributed by atoms with Crippen molar-refractivity contribution in [1.82, 2.24) is 0 Å². The lowest BCUT2D eigenvalue weighted by molar-refractivity contribution is 0.552. The van der Waals surface area contributed by atoms with Crippen molar-refractivity contribution in [2.75, 3.05) is 6.54 Å². The Balaban J connectivity index is 2.55. The first-order chi connectivity index (χ1) is 6.14. The molecule has 0 bridgehead atoms. The van der Waals surface area contributed by atoms with Crippen LogP contribution in [-0.4, -0.2) is 25.8 Å². The van der Waals surface area contributed by atoms with Gasteiger partial charge in [0.05, 0.1) is 4.75 Å². The fourth-order valence-electron chi connectivity index (χ4n) is 1.27. The molecule has 1 atom stereocenters. The fraction of sp³-hybridized carbons (Fsp3) is 1.00. The minimum atomic E-state index is -2.52. The Morgan fingerprint density at radius 3 is 2.23 bits per heavy atom. The van der Waals surface area contributed by atoms with Crippen molar-refractivity contribution in [3.63, 3.8) is 0 Å². The average Bonchev–Trinajstić information content (AvgIpc) is 2.85. The third kappa shape index (κ3) is 2.30. The van der Waals surface area contributed by atoms with E-state index in [4.69, 9.17) is 0 Å². The van der Waals surface area contributed by atoms with Crippen molar-refractivity contribution in [3.05, 3.63) is 9.81 Å². The highest BCUT2D eigenvalue weighted by Gasteiger charge is 2.48. The highest BCUT2D eigenvalue weighted by Crippen LogP contribution is 2.43. The second kappa shape index (κ2) is 3.91. The van der Waals surface area contributed by atoms with Gasteiger partial charge < -0.3 is 0 Å². The number of rotatable bonds is 6. The number of nitroso groups, excluding NO2 is 2. The molecule has 1 aliphatic carbocycles. The number of nitrogens with zero attached hydrogens (tertiary/aromatic N) is 2. The molecule has 6 nitrogen and oxygen atoms in total. The van der Waals surface area contributed by atoms with Crippen molar-refractivity contribution in [3.8, 4) is 0 Å². The highest BCUT2D eigenvalue weighted by molar-refractivity contribution is 7.74. The van der Waals surface area contributed by atoms with E-state index in [9.17, 15) is 18.2 Å². The molecular formula is C6H10N2O4S. The Labute approximate surface area is 76.6 Å². The first kappa shape index (κ1) is 10.2. The first-order valence-electron chi connectivity index (χ1n) is 3.91. The van der Waals surface area contributed by atoms with Crippen LogP contribution >= 0.6 is 0 Å². The summed E-state index contributed by atoms with van der Waals surface area (Å²) in [7, 11) is -2.52. The second-order valence-corrected chi connectivity index (χ2v) is 4.72. The van der Waals surface area contributed by atoms with Gasteiger partial charge in [-0.05, 0) is 19.3 Å². The summed E-state index contributed by atoms with van der Waals surface area (Å²) in [5.41, 5.74) is 0. The van der Waals surface area contributed by atoms with Gasteiger partial charge in [0.2, 0.25) is 0 Å². The number of hydrogen-bond donors (Lipinski definition) is 1. The lowest BCUT2D eigenvalue weighted by Crippen LogP contribution is -2.21. The maximum absolute atomic E-state index is 10.7. The van der Waals surface area contributed by atoms with E-state index in [1.54, 1.807) is 0 Å². The standard InChI is InChI=1S/C6H10N2O4S/c9-7-4-5(8-10)3-6(1-2-6)13(11)12/h5,13H,1-4H2/t5-/m1/s1. The van der Waals surface area contributed by atoms with Gasteiger partial charge in [0.1, 0.15) is 23.3 Å². The largest absolute Gasteiger partial charge is 0.231 e. The molecule has 0 spiro atoms. The Morgan fingerprint density at radius 1 is 1.31 bits per heavy atom. The first-order valence-corrected chi connectivity index (χ1v) is 5.08. The summed E-state index contributed by atoms with van der Waals surface area (Å²) >= 11 is 0. The number of thiol groups is 1. The third-order valence-corrected chi connectivity index (χ3v) is 3.67. The van der Waals surface area contributed by atoms with Gasteiger partial charge in [0.15, 0.2) is 0 Å². The zero-order valence-corrected chi connectivity index (χ0v) is 7.77. The van der Waals surface area contributed by atoms with E-state index in [1.165, 1.54) is 0 Å². The van der Waals surface area contributed by atoms with Gasteiger partial charge in [0.25, 0.3) is 0 Å². The minimum Gasteiger partial charge on any atom is -0.231 e. The molecule has 0 amide bonds. The van der Waals surface area contributed by atoms with Crippen molar-refractivity contribution < 1.29 is 8.42 Å². The van der Waals surface area contributed by atoms with Gasteiger partial charge in [0, 0.05) is 0 Å². The molecule has 0 unspecified atom stereocenters. The molecule has 0 aromatic heterocycles. The molecule has 0 aliphatic heterocycles. The maximum atomic E-state index is 10.7. The fourth-order valence-corrected chi connectivity index (χ4v) is 2.10. The molecule has 1 aliphatic rings. The van der Waals surface area contributed by atoms with Crippen LogP contribution in [0.5, 0.6) is 0 Å². The average molecular weight is 206 g/mol. The quantitative estimate of drug-likeness (QED) is 0.503. The van der Waals surface area contributed by atoms with Crippen LogP contribution in [0.15, 0.2) is 10.4 Å². The van der Waals surface area contributed by atoms with E-state index >= 15 is 0 Å². The molecule has 1 rings (SSSR count). The van der Waals surface area contributed by atoms with E-state index in [2.05, 4.69) is 10.4 Å².